The number of carbonyl (C=O) groups excluding carboxylic acids is 2. The molecule has 0 radical (unpaired) electrons. The van der Waals surface area contributed by atoms with Crippen molar-refractivity contribution in [2.24, 2.45) is 0 Å². The molecule has 166 valence electrons. The topological polar surface area (TPSA) is 84.0 Å². The molecule has 0 aromatic heterocycles. The number of ether oxygens (including phenoxy) is 1. The summed E-state index contributed by atoms with van der Waals surface area (Å²) in [5.41, 5.74) is 0.612. The van der Waals surface area contributed by atoms with Crippen molar-refractivity contribution in [2.45, 2.75) is 24.7 Å². The number of ketones is 1. The Bertz CT molecular complexity index is 1030. The molecule has 0 bridgehead atoms. The van der Waals surface area contributed by atoms with Crippen LogP contribution in [0.1, 0.15) is 30.1 Å². The zero-order chi connectivity index (χ0) is 22.4. The van der Waals surface area contributed by atoms with Crippen LogP contribution in [-0.4, -0.2) is 62.1 Å². The third-order valence-corrected chi connectivity index (χ3v) is 6.98. The van der Waals surface area contributed by atoms with Gasteiger partial charge in [-0.25, -0.2) is 12.8 Å². The highest BCUT2D eigenvalue weighted by atomic mass is 32.2. The van der Waals surface area contributed by atoms with Crippen LogP contribution in [0.25, 0.3) is 0 Å². The number of hydrogen-bond donors (Lipinski definition) is 0. The van der Waals surface area contributed by atoms with Crippen molar-refractivity contribution in [3.05, 3.63) is 59.9 Å². The van der Waals surface area contributed by atoms with Crippen LogP contribution >= 0.6 is 0 Å². The monoisotopic (exact) mass is 448 g/mol. The SMILES string of the molecule is CC(=O)c1ccc(OCCCC(=O)N2CCN(S(=O)(=O)c3cccc(F)c3)CC2)cc1. The van der Waals surface area contributed by atoms with E-state index in [9.17, 15) is 22.4 Å². The lowest BCUT2D eigenvalue weighted by Gasteiger charge is -2.34. The van der Waals surface area contributed by atoms with E-state index in [2.05, 4.69) is 0 Å². The number of halogens is 1. The van der Waals surface area contributed by atoms with Gasteiger partial charge in [-0.1, -0.05) is 6.07 Å². The zero-order valence-corrected chi connectivity index (χ0v) is 18.1. The van der Waals surface area contributed by atoms with E-state index >= 15 is 0 Å². The minimum Gasteiger partial charge on any atom is -0.494 e. The first-order chi connectivity index (χ1) is 14.8. The van der Waals surface area contributed by atoms with Crippen molar-refractivity contribution in [1.29, 1.82) is 0 Å². The van der Waals surface area contributed by atoms with Gasteiger partial charge in [0, 0.05) is 38.2 Å². The van der Waals surface area contributed by atoms with Gasteiger partial charge in [-0.3, -0.25) is 9.59 Å². The average Bonchev–Trinajstić information content (AvgIpc) is 2.77. The Kier molecular flexibility index (Phi) is 7.40. The summed E-state index contributed by atoms with van der Waals surface area (Å²) in [5.74, 6) is -0.0418. The molecule has 0 aliphatic carbocycles. The zero-order valence-electron chi connectivity index (χ0n) is 17.3. The molecule has 1 fully saturated rings. The number of Topliss-reactive ketones (excluding diaryl/α,β-unsaturated/α-hetero) is 1. The molecule has 2 aromatic carbocycles. The van der Waals surface area contributed by atoms with Gasteiger partial charge in [0.25, 0.3) is 0 Å². The van der Waals surface area contributed by atoms with E-state index in [-0.39, 0.29) is 29.7 Å². The summed E-state index contributed by atoms with van der Waals surface area (Å²) >= 11 is 0. The molecule has 1 saturated heterocycles. The summed E-state index contributed by atoms with van der Waals surface area (Å²) in [6, 6.07) is 11.8. The number of nitrogens with zero attached hydrogens (tertiary/aromatic N) is 2. The molecule has 7 nitrogen and oxygen atoms in total. The normalized spacial score (nSPS) is 15.0. The Labute approximate surface area is 181 Å². The molecule has 9 heteroatoms. The van der Waals surface area contributed by atoms with Crippen molar-refractivity contribution in [2.75, 3.05) is 32.8 Å². The largest absolute Gasteiger partial charge is 0.494 e. The number of piperazine rings is 1. The first-order valence-corrected chi connectivity index (χ1v) is 11.5. The predicted molar refractivity (Wildman–Crippen MR) is 113 cm³/mol. The highest BCUT2D eigenvalue weighted by Gasteiger charge is 2.30. The molecule has 0 N–H and O–H groups in total. The van der Waals surface area contributed by atoms with Crippen LogP contribution in [0.4, 0.5) is 4.39 Å². The van der Waals surface area contributed by atoms with Gasteiger partial charge in [0.05, 0.1) is 11.5 Å². The second kappa shape index (κ2) is 10.0. The second-order valence-corrected chi connectivity index (χ2v) is 9.21. The average molecular weight is 449 g/mol. The summed E-state index contributed by atoms with van der Waals surface area (Å²) in [5, 5.41) is 0. The number of benzene rings is 2. The van der Waals surface area contributed by atoms with Crippen molar-refractivity contribution < 1.29 is 27.1 Å². The minimum absolute atomic E-state index is 0.0130. The number of amides is 1. The van der Waals surface area contributed by atoms with E-state index in [0.717, 1.165) is 6.07 Å². The third-order valence-electron chi connectivity index (χ3n) is 5.09. The Morgan fingerprint density at radius 1 is 1.03 bits per heavy atom. The minimum atomic E-state index is -3.78. The molecule has 0 unspecified atom stereocenters. The predicted octanol–water partition coefficient (Wildman–Crippen LogP) is 2.72. The molecule has 3 rings (SSSR count). The lowest BCUT2D eigenvalue weighted by molar-refractivity contribution is -0.132. The highest BCUT2D eigenvalue weighted by Crippen LogP contribution is 2.19. The van der Waals surface area contributed by atoms with Crippen molar-refractivity contribution in [3.8, 4) is 5.75 Å². The molecule has 1 heterocycles. The second-order valence-electron chi connectivity index (χ2n) is 7.27. The fourth-order valence-corrected chi connectivity index (χ4v) is 4.77. The summed E-state index contributed by atoms with van der Waals surface area (Å²) in [7, 11) is -3.78. The van der Waals surface area contributed by atoms with Crippen LogP contribution in [0.2, 0.25) is 0 Å². The summed E-state index contributed by atoms with van der Waals surface area (Å²) in [4.78, 5) is 25.2. The fourth-order valence-electron chi connectivity index (χ4n) is 3.31. The van der Waals surface area contributed by atoms with E-state index in [1.807, 2.05) is 0 Å². The van der Waals surface area contributed by atoms with Gasteiger partial charge in [-0.2, -0.15) is 4.31 Å². The standard InChI is InChI=1S/C22H25FN2O5S/c1-17(26)18-7-9-20(10-8-18)30-15-3-6-22(27)24-11-13-25(14-12-24)31(28,29)21-5-2-4-19(23)16-21/h2,4-5,7-10,16H,3,6,11-15H2,1H3. The molecular weight excluding hydrogens is 423 g/mol. The molecule has 31 heavy (non-hydrogen) atoms. The van der Waals surface area contributed by atoms with Gasteiger partial charge >= 0.3 is 0 Å². The van der Waals surface area contributed by atoms with Crippen LogP contribution in [0.3, 0.4) is 0 Å². The highest BCUT2D eigenvalue weighted by molar-refractivity contribution is 7.89. The van der Waals surface area contributed by atoms with Crippen LogP contribution in [-0.2, 0) is 14.8 Å². The molecule has 1 aliphatic rings. The Morgan fingerprint density at radius 2 is 1.71 bits per heavy atom. The first kappa shape index (κ1) is 22.9. The molecule has 1 amide bonds. The smallest absolute Gasteiger partial charge is 0.243 e. The Hall–Kier alpha value is -2.78. The molecule has 0 atom stereocenters. The van der Waals surface area contributed by atoms with E-state index in [0.29, 0.717) is 43.9 Å². The molecular formula is C22H25FN2O5S. The number of carbonyl (C=O) groups is 2. The van der Waals surface area contributed by atoms with Gasteiger partial charge in [0.2, 0.25) is 15.9 Å². The van der Waals surface area contributed by atoms with Crippen LogP contribution in [0, 0.1) is 5.82 Å². The van der Waals surface area contributed by atoms with Gasteiger partial charge in [0.1, 0.15) is 11.6 Å². The number of sulfonamides is 1. The Morgan fingerprint density at radius 3 is 2.32 bits per heavy atom. The maximum atomic E-state index is 13.4. The molecule has 2 aromatic rings. The fraction of sp³-hybridized carbons (Fsp3) is 0.364. The molecule has 0 saturated carbocycles. The van der Waals surface area contributed by atoms with E-state index < -0.39 is 15.8 Å². The van der Waals surface area contributed by atoms with E-state index in [4.69, 9.17) is 4.74 Å². The van der Waals surface area contributed by atoms with Crippen molar-refractivity contribution in [1.82, 2.24) is 9.21 Å². The first-order valence-electron chi connectivity index (χ1n) is 10.0. The molecule has 1 aliphatic heterocycles. The van der Waals surface area contributed by atoms with Crippen molar-refractivity contribution >= 4 is 21.7 Å². The number of hydrogen-bond acceptors (Lipinski definition) is 5. The third kappa shape index (κ3) is 5.89. The van der Waals surface area contributed by atoms with Gasteiger partial charge in [-0.15, -0.1) is 0 Å². The summed E-state index contributed by atoms with van der Waals surface area (Å²) < 4.78 is 45.5. The van der Waals surface area contributed by atoms with Gasteiger partial charge in [-0.05, 0) is 55.8 Å². The number of rotatable bonds is 8. The quantitative estimate of drug-likeness (QED) is 0.458. The van der Waals surface area contributed by atoms with Crippen LogP contribution in [0.5, 0.6) is 5.75 Å². The van der Waals surface area contributed by atoms with E-state index in [1.54, 1.807) is 29.2 Å². The van der Waals surface area contributed by atoms with Crippen LogP contribution in [0.15, 0.2) is 53.4 Å². The summed E-state index contributed by atoms with van der Waals surface area (Å²) in [6.45, 7) is 2.78. The maximum Gasteiger partial charge on any atom is 0.243 e. The lowest BCUT2D eigenvalue weighted by Crippen LogP contribution is -2.50. The molecule has 0 spiro atoms. The maximum absolute atomic E-state index is 13.4. The summed E-state index contributed by atoms with van der Waals surface area (Å²) in [6.07, 6.45) is 0.817. The van der Waals surface area contributed by atoms with Crippen molar-refractivity contribution in [3.63, 3.8) is 0 Å². The van der Waals surface area contributed by atoms with Gasteiger partial charge in [0.15, 0.2) is 5.78 Å². The lowest BCUT2D eigenvalue weighted by atomic mass is 10.1. The Balaban J connectivity index is 1.42. The van der Waals surface area contributed by atoms with E-state index in [1.165, 1.54) is 29.4 Å². The van der Waals surface area contributed by atoms with Crippen LogP contribution < -0.4 is 4.74 Å². The van der Waals surface area contributed by atoms with Gasteiger partial charge < -0.3 is 9.64 Å².